The van der Waals surface area contributed by atoms with Gasteiger partial charge in [-0.05, 0) is 53.4 Å². The fourth-order valence-corrected chi connectivity index (χ4v) is 4.83. The molecule has 6 rings (SSSR count). The molecule has 158 valence electrons. The maximum Gasteiger partial charge on any atom is 0.185 e. The summed E-state index contributed by atoms with van der Waals surface area (Å²) < 4.78 is 4.31. The molecule has 7 nitrogen and oxygen atoms in total. The average Bonchev–Trinajstić information content (AvgIpc) is 3.51. The third kappa shape index (κ3) is 2.92. The molecule has 7 heteroatoms. The minimum Gasteiger partial charge on any atom is -0.370 e. The first-order valence-corrected chi connectivity index (χ1v) is 10.9. The monoisotopic (exact) mass is 421 g/mol. The van der Waals surface area contributed by atoms with Gasteiger partial charge in [0.15, 0.2) is 5.82 Å². The zero-order valence-corrected chi connectivity index (χ0v) is 17.8. The van der Waals surface area contributed by atoms with Crippen LogP contribution < -0.4 is 10.6 Å². The van der Waals surface area contributed by atoms with Gasteiger partial charge in [-0.25, -0.2) is 0 Å². The summed E-state index contributed by atoms with van der Waals surface area (Å²) in [5.41, 5.74) is 13.7. The fraction of sp³-hybridized carbons (Fsp3) is 0.240. The number of nitrogens with zero attached hydrogens (tertiary/aromatic N) is 6. The number of benzene rings is 2. The molecule has 1 saturated heterocycles. The second-order valence-corrected chi connectivity index (χ2v) is 8.81. The lowest BCUT2D eigenvalue weighted by molar-refractivity contribution is 0.566. The van der Waals surface area contributed by atoms with E-state index in [9.17, 15) is 0 Å². The normalized spacial score (nSPS) is 19.1. The van der Waals surface area contributed by atoms with Gasteiger partial charge in [-0.15, -0.1) is 10.2 Å². The van der Waals surface area contributed by atoms with Crippen LogP contribution in [0.2, 0.25) is 0 Å². The molecule has 2 aliphatic rings. The van der Waals surface area contributed by atoms with E-state index in [2.05, 4.69) is 67.7 Å². The van der Waals surface area contributed by atoms with Gasteiger partial charge in [-0.2, -0.15) is 5.26 Å². The highest BCUT2D eigenvalue weighted by molar-refractivity contribution is 5.72. The predicted molar refractivity (Wildman–Crippen MR) is 123 cm³/mol. The molecule has 32 heavy (non-hydrogen) atoms. The topological polar surface area (TPSA) is 88.7 Å². The summed E-state index contributed by atoms with van der Waals surface area (Å²) in [5.74, 6) is 1.32. The van der Waals surface area contributed by atoms with Crippen molar-refractivity contribution in [2.24, 2.45) is 11.7 Å². The average molecular weight is 422 g/mol. The van der Waals surface area contributed by atoms with Crippen molar-refractivity contribution < 1.29 is 0 Å². The molecular formula is C25H23N7. The first-order chi connectivity index (χ1) is 15.6. The molecule has 4 aromatic rings. The van der Waals surface area contributed by atoms with E-state index in [-0.39, 0.29) is 6.04 Å². The summed E-state index contributed by atoms with van der Waals surface area (Å²) in [7, 11) is 0. The molecule has 2 aliphatic heterocycles. The van der Waals surface area contributed by atoms with Crippen LogP contribution in [0, 0.1) is 17.2 Å². The van der Waals surface area contributed by atoms with E-state index in [0.29, 0.717) is 11.5 Å². The molecule has 0 aliphatic carbocycles. The predicted octanol–water partition coefficient (Wildman–Crippen LogP) is 3.42. The van der Waals surface area contributed by atoms with Crippen molar-refractivity contribution >= 4 is 5.69 Å². The smallest absolute Gasteiger partial charge is 0.185 e. The Morgan fingerprint density at radius 2 is 1.91 bits per heavy atom. The minimum absolute atomic E-state index is 0.212. The molecule has 2 aromatic heterocycles. The largest absolute Gasteiger partial charge is 0.370 e. The number of fused-ring (bicyclic) bond motifs is 5. The van der Waals surface area contributed by atoms with E-state index in [0.717, 1.165) is 48.0 Å². The van der Waals surface area contributed by atoms with Gasteiger partial charge in [0.2, 0.25) is 0 Å². The van der Waals surface area contributed by atoms with Gasteiger partial charge in [0.05, 0.1) is 23.0 Å². The summed E-state index contributed by atoms with van der Waals surface area (Å²) in [6, 6.07) is 18.8. The molecule has 1 fully saturated rings. The lowest BCUT2D eigenvalue weighted by Crippen LogP contribution is -2.28. The maximum atomic E-state index is 9.09. The molecule has 4 heterocycles. The van der Waals surface area contributed by atoms with Crippen LogP contribution in [-0.2, 0) is 6.54 Å². The van der Waals surface area contributed by atoms with Gasteiger partial charge >= 0.3 is 0 Å². The van der Waals surface area contributed by atoms with E-state index >= 15 is 0 Å². The van der Waals surface area contributed by atoms with Crippen molar-refractivity contribution in [2.45, 2.75) is 19.5 Å². The van der Waals surface area contributed by atoms with Crippen LogP contribution in [0.1, 0.15) is 18.1 Å². The fourth-order valence-electron chi connectivity index (χ4n) is 4.83. The van der Waals surface area contributed by atoms with Crippen molar-refractivity contribution in [2.75, 3.05) is 18.0 Å². The Morgan fingerprint density at radius 1 is 1.06 bits per heavy atom. The Morgan fingerprint density at radius 3 is 2.66 bits per heavy atom. The van der Waals surface area contributed by atoms with E-state index in [4.69, 9.17) is 11.0 Å². The Kier molecular flexibility index (Phi) is 4.17. The van der Waals surface area contributed by atoms with Gasteiger partial charge in [-0.3, -0.25) is 4.57 Å². The number of anilines is 1. The van der Waals surface area contributed by atoms with Crippen molar-refractivity contribution in [3.63, 3.8) is 0 Å². The van der Waals surface area contributed by atoms with E-state index in [1.807, 2.05) is 24.3 Å². The van der Waals surface area contributed by atoms with Crippen LogP contribution >= 0.6 is 0 Å². The lowest BCUT2D eigenvalue weighted by atomic mass is 10.1. The van der Waals surface area contributed by atoms with Gasteiger partial charge in [0, 0.05) is 43.1 Å². The van der Waals surface area contributed by atoms with Crippen molar-refractivity contribution in [3.8, 4) is 34.4 Å². The number of rotatable bonds is 2. The second-order valence-electron chi connectivity index (χ2n) is 8.81. The maximum absolute atomic E-state index is 9.09. The molecule has 2 N–H and O–H groups in total. The molecule has 0 saturated carbocycles. The summed E-state index contributed by atoms with van der Waals surface area (Å²) in [6.45, 7) is 4.83. The van der Waals surface area contributed by atoms with Crippen molar-refractivity contribution in [3.05, 3.63) is 72.2 Å². The van der Waals surface area contributed by atoms with Gasteiger partial charge in [0.25, 0.3) is 0 Å². The number of nitriles is 1. The second kappa shape index (κ2) is 7.08. The quantitative estimate of drug-likeness (QED) is 0.472. The van der Waals surface area contributed by atoms with Gasteiger partial charge in [-0.1, -0.05) is 19.1 Å². The molecule has 0 amide bonds. The summed E-state index contributed by atoms with van der Waals surface area (Å²) >= 11 is 0. The number of hydrogen-bond acceptors (Lipinski definition) is 5. The summed E-state index contributed by atoms with van der Waals surface area (Å²) in [4.78, 5) is 2.38. The molecule has 2 aromatic carbocycles. The molecule has 2 atom stereocenters. The number of hydrogen-bond donors (Lipinski definition) is 1. The van der Waals surface area contributed by atoms with Gasteiger partial charge < -0.3 is 15.2 Å². The zero-order valence-electron chi connectivity index (χ0n) is 17.8. The molecule has 0 bridgehead atoms. The van der Waals surface area contributed by atoms with E-state index < -0.39 is 0 Å². The number of aromatic nitrogens is 4. The van der Waals surface area contributed by atoms with Crippen LogP contribution in [0.4, 0.5) is 5.69 Å². The Bertz CT molecular complexity index is 1350. The molecule has 0 unspecified atom stereocenters. The summed E-state index contributed by atoms with van der Waals surface area (Å²) in [5, 5.41) is 17.7. The van der Waals surface area contributed by atoms with Crippen molar-refractivity contribution in [1.82, 2.24) is 19.3 Å². The number of nitrogens with two attached hydrogens (primary N) is 1. The lowest BCUT2D eigenvalue weighted by Gasteiger charge is -2.20. The van der Waals surface area contributed by atoms with E-state index in [1.54, 1.807) is 6.33 Å². The van der Waals surface area contributed by atoms with Crippen LogP contribution in [0.15, 0.2) is 61.1 Å². The Labute approximate surface area is 186 Å². The Hall–Kier alpha value is -3.89. The molecule has 0 radical (unpaired) electrons. The highest BCUT2D eigenvalue weighted by atomic mass is 15.3. The van der Waals surface area contributed by atoms with E-state index in [1.165, 1.54) is 11.3 Å². The van der Waals surface area contributed by atoms with Crippen LogP contribution in [0.5, 0.6) is 0 Å². The van der Waals surface area contributed by atoms with Crippen LogP contribution in [0.3, 0.4) is 0 Å². The van der Waals surface area contributed by atoms with Crippen molar-refractivity contribution in [1.29, 1.82) is 5.26 Å². The molecular weight excluding hydrogens is 398 g/mol. The first-order valence-electron chi connectivity index (χ1n) is 10.9. The standard InChI is InChI=1S/C25H23N7/c1-16-11-30(14-22(16)27)21-6-7-23-20(8-21)13-31-12-19(18-4-2-17(10-26)3-5-18)9-24(31)25-29-28-15-32(23)25/h2-9,12,15-16,22H,11,13-14,27H2,1H3/t16-,22+/m1/s1. The van der Waals surface area contributed by atoms with Crippen LogP contribution in [-0.4, -0.2) is 38.5 Å². The van der Waals surface area contributed by atoms with Crippen LogP contribution in [0.25, 0.3) is 28.3 Å². The summed E-state index contributed by atoms with van der Waals surface area (Å²) in [6.07, 6.45) is 3.94. The van der Waals surface area contributed by atoms with Gasteiger partial charge in [0.1, 0.15) is 6.33 Å². The highest BCUT2D eigenvalue weighted by Crippen LogP contribution is 2.35. The zero-order chi connectivity index (χ0) is 21.8. The third-order valence-electron chi connectivity index (χ3n) is 6.72. The minimum atomic E-state index is 0.212. The highest BCUT2D eigenvalue weighted by Gasteiger charge is 2.28. The Balaban J connectivity index is 1.43. The third-order valence-corrected chi connectivity index (χ3v) is 6.72. The first kappa shape index (κ1) is 18.8. The SMILES string of the molecule is C[C@@H]1CN(c2ccc3c(c2)Cn2cc(-c4ccc(C#N)cc4)cc2-c2nncn2-3)C[C@@H]1N. The molecule has 0 spiro atoms.